The van der Waals surface area contributed by atoms with Gasteiger partial charge in [-0.3, -0.25) is 4.99 Å². The summed E-state index contributed by atoms with van der Waals surface area (Å²) in [6.45, 7) is 8.87. The van der Waals surface area contributed by atoms with E-state index in [9.17, 15) is 0 Å². The average Bonchev–Trinajstić information content (AvgIpc) is 2.55. The van der Waals surface area contributed by atoms with E-state index in [4.69, 9.17) is 5.73 Å². The smallest absolute Gasteiger partial charge is 0.193 e. The fraction of sp³-hybridized carbons (Fsp3) is 0.632. The van der Waals surface area contributed by atoms with Crippen LogP contribution in [0.4, 0.5) is 5.69 Å². The van der Waals surface area contributed by atoms with Gasteiger partial charge in [-0.15, -0.1) is 0 Å². The highest BCUT2D eigenvalue weighted by Crippen LogP contribution is 2.14. The SMILES string of the molecule is Cc1ccc(NC(N)=NCCCCCN2CCCCC2)cc1C. The van der Waals surface area contributed by atoms with Gasteiger partial charge in [0.05, 0.1) is 0 Å². The lowest BCUT2D eigenvalue weighted by atomic mass is 10.1. The second-order valence-electron chi connectivity index (χ2n) is 6.65. The summed E-state index contributed by atoms with van der Waals surface area (Å²) in [5, 5.41) is 3.17. The Morgan fingerprint density at radius 1 is 1.09 bits per heavy atom. The van der Waals surface area contributed by atoms with Crippen molar-refractivity contribution < 1.29 is 0 Å². The molecule has 1 saturated heterocycles. The Labute approximate surface area is 141 Å². The molecule has 0 unspecified atom stereocenters. The molecule has 2 rings (SSSR count). The minimum atomic E-state index is 0.518. The highest BCUT2D eigenvalue weighted by atomic mass is 15.1. The highest BCUT2D eigenvalue weighted by molar-refractivity contribution is 5.92. The van der Waals surface area contributed by atoms with Gasteiger partial charge in [-0.1, -0.05) is 18.9 Å². The average molecular weight is 316 g/mol. The van der Waals surface area contributed by atoms with E-state index in [0.29, 0.717) is 5.96 Å². The molecule has 23 heavy (non-hydrogen) atoms. The van der Waals surface area contributed by atoms with Crippen LogP contribution >= 0.6 is 0 Å². The van der Waals surface area contributed by atoms with Crippen LogP contribution < -0.4 is 11.1 Å². The number of nitrogens with zero attached hydrogens (tertiary/aromatic N) is 2. The van der Waals surface area contributed by atoms with Gasteiger partial charge in [0.15, 0.2) is 5.96 Å². The maximum atomic E-state index is 5.96. The third-order valence-corrected chi connectivity index (χ3v) is 4.64. The van der Waals surface area contributed by atoms with E-state index in [1.807, 2.05) is 6.07 Å². The number of aliphatic imine (C=N–C) groups is 1. The Kier molecular flexibility index (Phi) is 7.40. The molecule has 1 aromatic rings. The van der Waals surface area contributed by atoms with E-state index in [1.54, 1.807) is 0 Å². The van der Waals surface area contributed by atoms with Gasteiger partial charge in [-0.05, 0) is 82.4 Å². The Morgan fingerprint density at radius 3 is 2.61 bits per heavy atom. The van der Waals surface area contributed by atoms with E-state index in [2.05, 4.69) is 41.2 Å². The fourth-order valence-electron chi connectivity index (χ4n) is 3.01. The van der Waals surface area contributed by atoms with Crippen LogP contribution in [0, 0.1) is 13.8 Å². The topological polar surface area (TPSA) is 53.6 Å². The molecule has 1 aromatic carbocycles. The summed E-state index contributed by atoms with van der Waals surface area (Å²) < 4.78 is 0. The van der Waals surface area contributed by atoms with Crippen LogP contribution in [0.5, 0.6) is 0 Å². The van der Waals surface area contributed by atoms with Crippen LogP contribution in [-0.4, -0.2) is 37.0 Å². The first-order valence-electron chi connectivity index (χ1n) is 9.02. The molecule has 1 aliphatic heterocycles. The zero-order valence-electron chi connectivity index (χ0n) is 14.8. The number of aryl methyl sites for hydroxylation is 2. The van der Waals surface area contributed by atoms with Crippen LogP contribution in [0.2, 0.25) is 0 Å². The summed E-state index contributed by atoms with van der Waals surface area (Å²) in [5.41, 5.74) is 9.53. The molecule has 3 N–H and O–H groups in total. The first-order valence-corrected chi connectivity index (χ1v) is 9.02. The Morgan fingerprint density at radius 2 is 1.87 bits per heavy atom. The maximum Gasteiger partial charge on any atom is 0.193 e. The van der Waals surface area contributed by atoms with E-state index >= 15 is 0 Å². The second-order valence-corrected chi connectivity index (χ2v) is 6.65. The van der Waals surface area contributed by atoms with Crippen LogP contribution in [0.25, 0.3) is 0 Å². The Bertz CT molecular complexity index is 504. The summed E-state index contributed by atoms with van der Waals surface area (Å²) in [6, 6.07) is 6.26. The van der Waals surface area contributed by atoms with Crippen LogP contribution in [0.1, 0.15) is 49.7 Å². The first-order chi connectivity index (χ1) is 11.1. The lowest BCUT2D eigenvalue weighted by Crippen LogP contribution is -2.30. The molecule has 1 fully saturated rings. The van der Waals surface area contributed by atoms with Crippen molar-refractivity contribution >= 4 is 11.6 Å². The number of hydrogen-bond donors (Lipinski definition) is 2. The monoisotopic (exact) mass is 316 g/mol. The minimum Gasteiger partial charge on any atom is -0.370 e. The van der Waals surface area contributed by atoms with Gasteiger partial charge < -0.3 is 16.0 Å². The molecular weight excluding hydrogens is 284 g/mol. The predicted octanol–water partition coefficient (Wildman–Crippen LogP) is 3.69. The number of likely N-dealkylation sites (tertiary alicyclic amines) is 1. The number of nitrogens with two attached hydrogens (primary N) is 1. The third kappa shape index (κ3) is 6.61. The van der Waals surface area contributed by atoms with Crippen LogP contribution in [0.3, 0.4) is 0 Å². The second kappa shape index (κ2) is 9.56. The van der Waals surface area contributed by atoms with Gasteiger partial charge in [0.2, 0.25) is 0 Å². The highest BCUT2D eigenvalue weighted by Gasteiger charge is 2.08. The number of guanidine groups is 1. The number of piperidine rings is 1. The Balaban J connectivity index is 1.60. The van der Waals surface area contributed by atoms with Crippen molar-refractivity contribution in [3.63, 3.8) is 0 Å². The molecular formula is C19H32N4. The number of rotatable bonds is 7. The third-order valence-electron chi connectivity index (χ3n) is 4.64. The summed E-state index contributed by atoms with van der Waals surface area (Å²) in [6.07, 6.45) is 7.80. The molecule has 1 aliphatic rings. The van der Waals surface area contributed by atoms with Gasteiger partial charge in [-0.2, -0.15) is 0 Å². The molecule has 0 spiro atoms. The number of unbranched alkanes of at least 4 members (excludes halogenated alkanes) is 2. The number of nitrogens with one attached hydrogen (secondary N) is 1. The molecule has 0 aromatic heterocycles. The van der Waals surface area contributed by atoms with Crippen molar-refractivity contribution in [3.8, 4) is 0 Å². The zero-order valence-corrected chi connectivity index (χ0v) is 14.8. The lowest BCUT2D eigenvalue weighted by molar-refractivity contribution is 0.224. The molecule has 0 saturated carbocycles. The van der Waals surface area contributed by atoms with Gasteiger partial charge in [0.25, 0.3) is 0 Å². The molecule has 1 heterocycles. The maximum absolute atomic E-state index is 5.96. The summed E-state index contributed by atoms with van der Waals surface area (Å²) in [5.74, 6) is 0.518. The van der Waals surface area contributed by atoms with E-state index < -0.39 is 0 Å². The van der Waals surface area contributed by atoms with Crippen molar-refractivity contribution in [2.75, 3.05) is 31.5 Å². The van der Waals surface area contributed by atoms with Crippen molar-refractivity contribution in [3.05, 3.63) is 29.3 Å². The molecule has 128 valence electrons. The Hall–Kier alpha value is -1.55. The first kappa shape index (κ1) is 17.8. The lowest BCUT2D eigenvalue weighted by Gasteiger charge is -2.26. The summed E-state index contributed by atoms with van der Waals surface area (Å²) >= 11 is 0. The molecule has 0 bridgehead atoms. The zero-order chi connectivity index (χ0) is 16.5. The number of hydrogen-bond acceptors (Lipinski definition) is 2. The molecule has 4 heteroatoms. The standard InChI is InChI=1S/C19H32N4/c1-16-9-10-18(15-17(16)2)22-19(20)21-11-5-3-6-12-23-13-7-4-8-14-23/h9-10,15H,3-8,11-14H2,1-2H3,(H3,20,21,22). The van der Waals surface area contributed by atoms with Gasteiger partial charge in [0, 0.05) is 12.2 Å². The van der Waals surface area contributed by atoms with Crippen molar-refractivity contribution in [1.82, 2.24) is 4.90 Å². The van der Waals surface area contributed by atoms with E-state index in [0.717, 1.165) is 18.7 Å². The van der Waals surface area contributed by atoms with E-state index in [1.165, 1.54) is 62.9 Å². The van der Waals surface area contributed by atoms with Crippen LogP contribution in [0.15, 0.2) is 23.2 Å². The largest absolute Gasteiger partial charge is 0.370 e. The molecule has 0 atom stereocenters. The van der Waals surface area contributed by atoms with Crippen molar-refractivity contribution in [2.45, 2.75) is 52.4 Å². The summed E-state index contributed by atoms with van der Waals surface area (Å²) in [7, 11) is 0. The van der Waals surface area contributed by atoms with E-state index in [-0.39, 0.29) is 0 Å². The van der Waals surface area contributed by atoms with Crippen molar-refractivity contribution in [1.29, 1.82) is 0 Å². The molecule has 0 amide bonds. The quantitative estimate of drug-likeness (QED) is 0.458. The van der Waals surface area contributed by atoms with Gasteiger partial charge in [0.1, 0.15) is 0 Å². The van der Waals surface area contributed by atoms with Gasteiger partial charge in [-0.25, -0.2) is 0 Å². The van der Waals surface area contributed by atoms with Gasteiger partial charge >= 0.3 is 0 Å². The molecule has 0 radical (unpaired) electrons. The molecule has 0 aliphatic carbocycles. The normalized spacial score (nSPS) is 16.5. The minimum absolute atomic E-state index is 0.518. The van der Waals surface area contributed by atoms with Crippen LogP contribution in [-0.2, 0) is 0 Å². The summed E-state index contributed by atoms with van der Waals surface area (Å²) in [4.78, 5) is 7.03. The number of anilines is 1. The number of benzene rings is 1. The molecule has 4 nitrogen and oxygen atoms in total. The fourth-order valence-corrected chi connectivity index (χ4v) is 3.01. The van der Waals surface area contributed by atoms with Crippen molar-refractivity contribution in [2.24, 2.45) is 10.7 Å². The predicted molar refractivity (Wildman–Crippen MR) is 100 cm³/mol.